The fourth-order valence-corrected chi connectivity index (χ4v) is 1.54. The standard InChI is InChI=1S/C15H11FO3/c16-13-9-5-4-8-12(13)14(17)15(18)19-10-11-6-2-1-3-7-11/h1-9H,10H2. The van der Waals surface area contributed by atoms with Crippen LogP contribution in [0.1, 0.15) is 15.9 Å². The Balaban J connectivity index is 2.01. The lowest BCUT2D eigenvalue weighted by atomic mass is 10.1. The molecule has 2 aromatic rings. The molecule has 2 rings (SSSR count). The van der Waals surface area contributed by atoms with E-state index in [1.54, 1.807) is 24.3 Å². The Morgan fingerprint density at radius 2 is 1.58 bits per heavy atom. The van der Waals surface area contributed by atoms with Gasteiger partial charge in [0, 0.05) is 0 Å². The Morgan fingerprint density at radius 3 is 2.26 bits per heavy atom. The van der Waals surface area contributed by atoms with E-state index in [1.165, 1.54) is 18.2 Å². The highest BCUT2D eigenvalue weighted by atomic mass is 19.1. The summed E-state index contributed by atoms with van der Waals surface area (Å²) in [5.41, 5.74) is 0.484. The van der Waals surface area contributed by atoms with E-state index in [9.17, 15) is 14.0 Å². The highest BCUT2D eigenvalue weighted by Gasteiger charge is 2.20. The molecule has 2 aromatic carbocycles. The van der Waals surface area contributed by atoms with Crippen LogP contribution in [0.5, 0.6) is 0 Å². The van der Waals surface area contributed by atoms with Crippen LogP contribution in [0, 0.1) is 5.82 Å². The molecule has 0 aliphatic heterocycles. The number of carbonyl (C=O) groups excluding carboxylic acids is 2. The average molecular weight is 258 g/mol. The van der Waals surface area contributed by atoms with Crippen LogP contribution < -0.4 is 0 Å². The van der Waals surface area contributed by atoms with E-state index in [4.69, 9.17) is 4.74 Å². The number of rotatable bonds is 4. The van der Waals surface area contributed by atoms with E-state index in [0.29, 0.717) is 0 Å². The van der Waals surface area contributed by atoms with Crippen LogP contribution >= 0.6 is 0 Å². The van der Waals surface area contributed by atoms with Crippen LogP contribution in [0.2, 0.25) is 0 Å². The molecule has 0 atom stereocenters. The van der Waals surface area contributed by atoms with Crippen molar-refractivity contribution in [3.05, 3.63) is 71.5 Å². The minimum Gasteiger partial charge on any atom is -0.455 e. The van der Waals surface area contributed by atoms with Crippen LogP contribution in [0.15, 0.2) is 54.6 Å². The summed E-state index contributed by atoms with van der Waals surface area (Å²) in [6, 6.07) is 14.3. The largest absolute Gasteiger partial charge is 0.455 e. The normalized spacial score (nSPS) is 9.95. The van der Waals surface area contributed by atoms with Gasteiger partial charge in [-0.25, -0.2) is 9.18 Å². The first-order valence-corrected chi connectivity index (χ1v) is 5.68. The van der Waals surface area contributed by atoms with Gasteiger partial charge in [0.2, 0.25) is 0 Å². The zero-order chi connectivity index (χ0) is 13.7. The Kier molecular flexibility index (Phi) is 4.03. The minimum atomic E-state index is -1.06. The smallest absolute Gasteiger partial charge is 0.380 e. The SMILES string of the molecule is O=C(OCc1ccccc1)C(=O)c1ccccc1F. The van der Waals surface area contributed by atoms with Gasteiger partial charge in [0.15, 0.2) is 0 Å². The van der Waals surface area contributed by atoms with Crippen LogP contribution in [0.3, 0.4) is 0 Å². The van der Waals surface area contributed by atoms with Gasteiger partial charge in [-0.15, -0.1) is 0 Å². The Labute approximate surface area is 109 Å². The monoisotopic (exact) mass is 258 g/mol. The lowest BCUT2D eigenvalue weighted by molar-refractivity contribution is -0.139. The van der Waals surface area contributed by atoms with Crippen LogP contribution in [0.25, 0.3) is 0 Å². The maximum Gasteiger partial charge on any atom is 0.380 e. The quantitative estimate of drug-likeness (QED) is 0.481. The highest BCUT2D eigenvalue weighted by molar-refractivity contribution is 6.40. The molecule has 4 heteroatoms. The van der Waals surface area contributed by atoms with Gasteiger partial charge in [-0.05, 0) is 17.7 Å². The van der Waals surface area contributed by atoms with Crippen molar-refractivity contribution in [3.8, 4) is 0 Å². The van der Waals surface area contributed by atoms with Gasteiger partial charge in [-0.1, -0.05) is 42.5 Å². The van der Waals surface area contributed by atoms with E-state index in [1.807, 2.05) is 6.07 Å². The van der Waals surface area contributed by atoms with Crippen molar-refractivity contribution >= 4 is 11.8 Å². The van der Waals surface area contributed by atoms with Gasteiger partial charge in [0.25, 0.3) is 5.78 Å². The number of hydrogen-bond donors (Lipinski definition) is 0. The lowest BCUT2D eigenvalue weighted by Gasteiger charge is -2.04. The van der Waals surface area contributed by atoms with Gasteiger partial charge in [0.1, 0.15) is 12.4 Å². The molecule has 0 spiro atoms. The summed E-state index contributed by atoms with van der Waals surface area (Å²) < 4.78 is 18.2. The summed E-state index contributed by atoms with van der Waals surface area (Å²) in [4.78, 5) is 23.2. The molecule has 0 saturated carbocycles. The van der Waals surface area contributed by atoms with Crippen LogP contribution in [-0.2, 0) is 16.1 Å². The summed E-state index contributed by atoms with van der Waals surface area (Å²) in [5.74, 6) is -2.77. The number of ether oxygens (including phenoxy) is 1. The molecule has 0 heterocycles. The van der Waals surface area contributed by atoms with Gasteiger partial charge >= 0.3 is 5.97 Å². The summed E-state index contributed by atoms with van der Waals surface area (Å²) in [6.45, 7) is -0.0140. The zero-order valence-corrected chi connectivity index (χ0v) is 10.0. The van der Waals surface area contributed by atoms with Crippen molar-refractivity contribution in [2.75, 3.05) is 0 Å². The first-order chi connectivity index (χ1) is 9.18. The molecule has 0 amide bonds. The maximum atomic E-state index is 13.3. The Bertz CT molecular complexity index is 593. The molecular formula is C15H11FO3. The number of benzene rings is 2. The predicted molar refractivity (Wildman–Crippen MR) is 67.0 cm³/mol. The fraction of sp³-hybridized carbons (Fsp3) is 0.0667. The zero-order valence-electron chi connectivity index (χ0n) is 10.0. The molecule has 0 saturated heterocycles. The maximum absolute atomic E-state index is 13.3. The third-order valence-electron chi connectivity index (χ3n) is 2.52. The Morgan fingerprint density at radius 1 is 0.947 bits per heavy atom. The summed E-state index contributed by atoms with van der Waals surface area (Å²) in [6.07, 6.45) is 0. The van der Waals surface area contributed by atoms with E-state index in [0.717, 1.165) is 11.6 Å². The number of ketones is 1. The van der Waals surface area contributed by atoms with Crippen molar-refractivity contribution in [3.63, 3.8) is 0 Å². The number of esters is 1. The molecule has 0 N–H and O–H groups in total. The summed E-state index contributed by atoms with van der Waals surface area (Å²) in [7, 11) is 0. The van der Waals surface area contributed by atoms with Crippen molar-refractivity contribution in [2.24, 2.45) is 0 Å². The average Bonchev–Trinajstić information content (AvgIpc) is 2.45. The second-order valence-corrected chi connectivity index (χ2v) is 3.87. The molecule has 0 aliphatic carbocycles. The molecule has 96 valence electrons. The van der Waals surface area contributed by atoms with Crippen molar-refractivity contribution in [2.45, 2.75) is 6.61 Å². The minimum absolute atomic E-state index is 0.0140. The number of carbonyl (C=O) groups is 2. The molecule has 0 aromatic heterocycles. The lowest BCUT2D eigenvalue weighted by Crippen LogP contribution is -2.18. The molecule has 0 bridgehead atoms. The van der Waals surface area contributed by atoms with Gasteiger partial charge < -0.3 is 4.74 Å². The molecule has 0 unspecified atom stereocenters. The molecule has 0 fully saturated rings. The first-order valence-electron chi connectivity index (χ1n) is 5.68. The van der Waals surface area contributed by atoms with Gasteiger partial charge in [0.05, 0.1) is 5.56 Å². The number of halogens is 1. The molecule has 3 nitrogen and oxygen atoms in total. The van der Waals surface area contributed by atoms with Crippen molar-refractivity contribution in [1.82, 2.24) is 0 Å². The Hall–Kier alpha value is -2.49. The number of Topliss-reactive ketones (excluding diaryl/α,β-unsaturated/α-hetero) is 1. The topological polar surface area (TPSA) is 43.4 Å². The van der Waals surface area contributed by atoms with Crippen molar-refractivity contribution < 1.29 is 18.7 Å². The van der Waals surface area contributed by atoms with E-state index in [2.05, 4.69) is 0 Å². The molecule has 19 heavy (non-hydrogen) atoms. The fourth-order valence-electron chi connectivity index (χ4n) is 1.54. The van der Waals surface area contributed by atoms with E-state index in [-0.39, 0.29) is 12.2 Å². The summed E-state index contributed by atoms with van der Waals surface area (Å²) in [5, 5.41) is 0. The second-order valence-electron chi connectivity index (χ2n) is 3.87. The third kappa shape index (κ3) is 3.25. The first kappa shape index (κ1) is 13.0. The van der Waals surface area contributed by atoms with E-state index >= 15 is 0 Å². The van der Waals surface area contributed by atoms with E-state index < -0.39 is 17.6 Å². The van der Waals surface area contributed by atoms with Crippen LogP contribution in [-0.4, -0.2) is 11.8 Å². The molecule has 0 aliphatic rings. The number of hydrogen-bond acceptors (Lipinski definition) is 3. The molecular weight excluding hydrogens is 247 g/mol. The van der Waals surface area contributed by atoms with Gasteiger partial charge in [-0.3, -0.25) is 4.79 Å². The van der Waals surface area contributed by atoms with Crippen molar-refractivity contribution in [1.29, 1.82) is 0 Å². The second kappa shape index (κ2) is 5.91. The third-order valence-corrected chi connectivity index (χ3v) is 2.52. The van der Waals surface area contributed by atoms with Crippen LogP contribution in [0.4, 0.5) is 4.39 Å². The highest BCUT2D eigenvalue weighted by Crippen LogP contribution is 2.09. The predicted octanol–water partition coefficient (Wildman–Crippen LogP) is 2.75. The summed E-state index contributed by atoms with van der Waals surface area (Å²) >= 11 is 0. The van der Waals surface area contributed by atoms with Gasteiger partial charge in [-0.2, -0.15) is 0 Å². The molecule has 0 radical (unpaired) electrons.